The maximum Gasteiger partial charge on any atom is 0.224 e. The monoisotopic (exact) mass is 258 g/mol. The number of hydrogen-bond donors (Lipinski definition) is 2. The molecule has 0 aliphatic carbocycles. The van der Waals surface area contributed by atoms with Gasteiger partial charge in [-0.1, -0.05) is 6.92 Å². The third-order valence-electron chi connectivity index (χ3n) is 3.49. The number of ether oxygens (including phenoxy) is 1. The quantitative estimate of drug-likeness (QED) is 0.888. The van der Waals surface area contributed by atoms with Gasteiger partial charge >= 0.3 is 0 Å². The van der Waals surface area contributed by atoms with E-state index in [1.54, 1.807) is 0 Å². The van der Waals surface area contributed by atoms with E-state index in [0.717, 1.165) is 48.2 Å². The smallest absolute Gasteiger partial charge is 0.224 e. The average Bonchev–Trinajstić information content (AvgIpc) is 2.82. The number of benzene rings is 1. The first kappa shape index (κ1) is 12.1. The lowest BCUT2D eigenvalue weighted by Gasteiger charge is -2.18. The lowest BCUT2D eigenvalue weighted by molar-refractivity contribution is -0.116. The Hall–Kier alpha value is -1.97. The third kappa shape index (κ3) is 2.18. The first-order valence-electron chi connectivity index (χ1n) is 6.85. The molecule has 0 bridgehead atoms. The number of carbonyl (C=O) groups excluding carboxylic acids is 1. The molecule has 1 aliphatic heterocycles. The molecule has 1 aliphatic rings. The van der Waals surface area contributed by atoms with Crippen LogP contribution in [0.4, 0.5) is 5.69 Å². The molecule has 3 rings (SSSR count). The fraction of sp³-hybridized carbons (Fsp3) is 0.400. The number of aromatic nitrogens is 1. The highest BCUT2D eigenvalue weighted by atomic mass is 16.5. The Labute approximate surface area is 112 Å². The predicted octanol–water partition coefficient (Wildman–Crippen LogP) is 3.23. The molecule has 4 nitrogen and oxygen atoms in total. The van der Waals surface area contributed by atoms with E-state index in [0.29, 0.717) is 6.42 Å². The van der Waals surface area contributed by atoms with Gasteiger partial charge in [0.25, 0.3) is 0 Å². The summed E-state index contributed by atoms with van der Waals surface area (Å²) in [5.41, 5.74) is 3.13. The van der Waals surface area contributed by atoms with Crippen molar-refractivity contribution in [2.24, 2.45) is 0 Å². The number of aryl methyl sites for hydroxylation is 1. The summed E-state index contributed by atoms with van der Waals surface area (Å²) in [5.74, 6) is 1.02. The van der Waals surface area contributed by atoms with Gasteiger partial charge in [0.2, 0.25) is 5.91 Å². The molecule has 1 aromatic carbocycles. The van der Waals surface area contributed by atoms with Gasteiger partial charge in [-0.05, 0) is 31.4 Å². The van der Waals surface area contributed by atoms with E-state index in [9.17, 15) is 4.79 Å². The summed E-state index contributed by atoms with van der Waals surface area (Å²) in [4.78, 5) is 15.0. The number of fused-ring (bicyclic) bond motifs is 3. The van der Waals surface area contributed by atoms with Crippen molar-refractivity contribution in [3.63, 3.8) is 0 Å². The summed E-state index contributed by atoms with van der Waals surface area (Å²) < 4.78 is 5.68. The summed E-state index contributed by atoms with van der Waals surface area (Å²) in [6.07, 6.45) is 5.31. The molecule has 0 spiro atoms. The molecule has 2 aromatic rings. The maximum absolute atomic E-state index is 11.8. The van der Waals surface area contributed by atoms with Gasteiger partial charge in [-0.25, -0.2) is 0 Å². The molecular formula is C15H18N2O2. The van der Waals surface area contributed by atoms with Crippen LogP contribution in [0.5, 0.6) is 5.75 Å². The second-order valence-corrected chi connectivity index (χ2v) is 4.92. The van der Waals surface area contributed by atoms with Crippen LogP contribution in [0.2, 0.25) is 0 Å². The Kier molecular flexibility index (Phi) is 3.15. The summed E-state index contributed by atoms with van der Waals surface area (Å²) >= 11 is 0. The van der Waals surface area contributed by atoms with E-state index >= 15 is 0 Å². The predicted molar refractivity (Wildman–Crippen MR) is 75.7 cm³/mol. The molecular weight excluding hydrogens is 240 g/mol. The molecule has 0 fully saturated rings. The fourth-order valence-corrected chi connectivity index (χ4v) is 2.63. The summed E-state index contributed by atoms with van der Waals surface area (Å²) in [7, 11) is 0. The standard InChI is InChI=1S/C15H18N2O2/c1-2-4-14(18)17-12-9-16-11-6-7-13-10(15(11)12)5-3-8-19-13/h6-7,9,16H,2-5,8H2,1H3,(H,17,18). The largest absolute Gasteiger partial charge is 0.493 e. The van der Waals surface area contributed by atoms with Gasteiger partial charge in [0.1, 0.15) is 5.75 Å². The number of aromatic amines is 1. The average molecular weight is 258 g/mol. The number of nitrogens with one attached hydrogen (secondary N) is 2. The molecule has 2 heterocycles. The topological polar surface area (TPSA) is 54.1 Å². The van der Waals surface area contributed by atoms with Crippen molar-refractivity contribution in [2.45, 2.75) is 32.6 Å². The molecule has 1 aromatic heterocycles. The van der Waals surface area contributed by atoms with Crippen molar-refractivity contribution in [1.82, 2.24) is 4.98 Å². The Balaban J connectivity index is 2.03. The molecule has 0 atom stereocenters. The number of amides is 1. The van der Waals surface area contributed by atoms with Gasteiger partial charge < -0.3 is 15.0 Å². The Morgan fingerprint density at radius 2 is 2.37 bits per heavy atom. The van der Waals surface area contributed by atoms with Crippen LogP contribution >= 0.6 is 0 Å². The van der Waals surface area contributed by atoms with Gasteiger partial charge in [-0.2, -0.15) is 0 Å². The lowest BCUT2D eigenvalue weighted by Crippen LogP contribution is -2.12. The Morgan fingerprint density at radius 1 is 1.47 bits per heavy atom. The molecule has 0 unspecified atom stereocenters. The normalized spacial score (nSPS) is 13.9. The molecule has 19 heavy (non-hydrogen) atoms. The van der Waals surface area contributed by atoms with Gasteiger partial charge in [-0.15, -0.1) is 0 Å². The van der Waals surface area contributed by atoms with E-state index in [-0.39, 0.29) is 5.91 Å². The van der Waals surface area contributed by atoms with Crippen molar-refractivity contribution in [2.75, 3.05) is 11.9 Å². The number of hydrogen-bond acceptors (Lipinski definition) is 2. The Bertz CT molecular complexity index is 616. The van der Waals surface area contributed by atoms with Crippen LogP contribution in [-0.4, -0.2) is 17.5 Å². The van der Waals surface area contributed by atoms with Crippen LogP contribution in [0.25, 0.3) is 10.9 Å². The van der Waals surface area contributed by atoms with Crippen LogP contribution < -0.4 is 10.1 Å². The molecule has 2 N–H and O–H groups in total. The second kappa shape index (κ2) is 4.96. The van der Waals surface area contributed by atoms with E-state index in [4.69, 9.17) is 4.74 Å². The van der Waals surface area contributed by atoms with Crippen LogP contribution in [0.15, 0.2) is 18.3 Å². The highest BCUT2D eigenvalue weighted by Crippen LogP contribution is 2.36. The van der Waals surface area contributed by atoms with Crippen LogP contribution in [-0.2, 0) is 11.2 Å². The zero-order chi connectivity index (χ0) is 13.2. The minimum Gasteiger partial charge on any atom is -0.493 e. The third-order valence-corrected chi connectivity index (χ3v) is 3.49. The van der Waals surface area contributed by atoms with Crippen LogP contribution in [0.1, 0.15) is 31.7 Å². The number of H-pyrrole nitrogens is 1. The van der Waals surface area contributed by atoms with Crippen molar-refractivity contribution in [3.05, 3.63) is 23.9 Å². The van der Waals surface area contributed by atoms with E-state index in [1.807, 2.05) is 25.3 Å². The van der Waals surface area contributed by atoms with Crippen LogP contribution in [0.3, 0.4) is 0 Å². The second-order valence-electron chi connectivity index (χ2n) is 4.92. The molecule has 1 amide bonds. The summed E-state index contributed by atoms with van der Waals surface area (Å²) in [6, 6.07) is 4.01. The van der Waals surface area contributed by atoms with Gasteiger partial charge in [0, 0.05) is 29.1 Å². The first-order chi connectivity index (χ1) is 9.29. The van der Waals surface area contributed by atoms with Crippen molar-refractivity contribution >= 4 is 22.5 Å². The molecule has 0 saturated carbocycles. The molecule has 0 saturated heterocycles. The Morgan fingerprint density at radius 3 is 3.21 bits per heavy atom. The fourth-order valence-electron chi connectivity index (χ4n) is 2.63. The van der Waals surface area contributed by atoms with Gasteiger partial charge in [-0.3, -0.25) is 4.79 Å². The van der Waals surface area contributed by atoms with E-state index in [2.05, 4.69) is 10.3 Å². The summed E-state index contributed by atoms with van der Waals surface area (Å²) in [6.45, 7) is 2.78. The number of carbonyl (C=O) groups is 1. The molecule has 100 valence electrons. The van der Waals surface area contributed by atoms with Crippen molar-refractivity contribution < 1.29 is 9.53 Å². The molecule has 4 heteroatoms. The van der Waals surface area contributed by atoms with Gasteiger partial charge in [0.15, 0.2) is 0 Å². The SMILES string of the molecule is CCCC(=O)Nc1c[nH]c2ccc3c(c12)CCCO3. The zero-order valence-electron chi connectivity index (χ0n) is 11.1. The van der Waals surface area contributed by atoms with Gasteiger partial charge in [0.05, 0.1) is 12.3 Å². The maximum atomic E-state index is 11.8. The lowest BCUT2D eigenvalue weighted by atomic mass is 10.0. The van der Waals surface area contributed by atoms with Crippen molar-refractivity contribution in [3.8, 4) is 5.75 Å². The van der Waals surface area contributed by atoms with E-state index < -0.39 is 0 Å². The number of rotatable bonds is 3. The van der Waals surface area contributed by atoms with Crippen molar-refractivity contribution in [1.29, 1.82) is 0 Å². The van der Waals surface area contributed by atoms with E-state index in [1.165, 1.54) is 5.56 Å². The zero-order valence-corrected chi connectivity index (χ0v) is 11.1. The first-order valence-corrected chi connectivity index (χ1v) is 6.85. The summed E-state index contributed by atoms with van der Waals surface area (Å²) in [5, 5.41) is 4.09. The minimum atomic E-state index is 0.0673. The molecule has 0 radical (unpaired) electrons. The van der Waals surface area contributed by atoms with Crippen LogP contribution in [0, 0.1) is 0 Å². The number of anilines is 1. The highest BCUT2D eigenvalue weighted by molar-refractivity contribution is 6.03. The highest BCUT2D eigenvalue weighted by Gasteiger charge is 2.17. The minimum absolute atomic E-state index is 0.0673.